The number of anilines is 2. The van der Waals surface area contributed by atoms with Crippen molar-refractivity contribution in [1.29, 1.82) is 0 Å². The number of fused-ring (bicyclic) bond motifs is 9. The molecule has 1 aromatic heterocycles. The molecular weight excluding hydrogens is 454 g/mol. The molecule has 1 saturated heterocycles. The van der Waals surface area contributed by atoms with Crippen molar-refractivity contribution >= 4 is 46.3 Å². The number of nitrogens with two attached hydrogens (primary N) is 1. The highest BCUT2D eigenvalue weighted by Gasteiger charge is 2.69. The number of carbonyl (C=O) groups excluding carboxylic acids is 2. The van der Waals surface area contributed by atoms with E-state index in [4.69, 9.17) is 5.73 Å². The van der Waals surface area contributed by atoms with E-state index in [0.29, 0.717) is 11.4 Å². The largest absolute Gasteiger partial charge is 0.399 e. The van der Waals surface area contributed by atoms with E-state index in [1.165, 1.54) is 21.8 Å². The SMILES string of the molecule is Nc1ccc(N2C(=O)[C@@H]3[C@H]4C[C@@H]([C@@H]3C2=O)[C@@H]2[C@@H](c3ccccc3)c3sc(=O)[nH]c3S[C@H]42)cc1. The number of nitrogen functional groups attached to an aromatic ring is 1. The van der Waals surface area contributed by atoms with E-state index in [2.05, 4.69) is 17.1 Å². The molecule has 2 aliphatic carbocycles. The van der Waals surface area contributed by atoms with Crippen LogP contribution >= 0.6 is 23.1 Å². The normalized spacial score (nSPS) is 33.8. The number of nitrogens with zero attached hydrogens (tertiary/aromatic N) is 1. The van der Waals surface area contributed by atoms with E-state index in [0.717, 1.165) is 16.3 Å². The fraction of sp³-hybridized carbons (Fsp3) is 0.320. The van der Waals surface area contributed by atoms with Gasteiger partial charge >= 0.3 is 4.87 Å². The first-order valence-corrected chi connectivity index (χ1v) is 12.9. The van der Waals surface area contributed by atoms with Gasteiger partial charge in [-0.2, -0.15) is 0 Å². The van der Waals surface area contributed by atoms with Crippen LogP contribution in [0.1, 0.15) is 22.8 Å². The lowest BCUT2D eigenvalue weighted by Crippen LogP contribution is -2.42. The van der Waals surface area contributed by atoms with Gasteiger partial charge in [0.2, 0.25) is 11.8 Å². The molecule has 3 heterocycles. The monoisotopic (exact) mass is 475 g/mol. The van der Waals surface area contributed by atoms with E-state index in [1.807, 2.05) is 18.2 Å². The standard InChI is InChI=1S/C25H21N3O3S2/c26-12-6-8-13(9-7-12)28-23(29)18-14-10-15(19(18)24(28)30)20-17(14)16(11-4-2-1-3-5-11)21-22(32-20)27-25(31)33-21/h1-9,14-20H,10,26H2,(H,27,31)/t14-,15-,16-,17-,18+,19-,20-/m1/s1. The van der Waals surface area contributed by atoms with Crippen LogP contribution in [0.5, 0.6) is 0 Å². The van der Waals surface area contributed by atoms with Crippen LogP contribution in [-0.2, 0) is 9.59 Å². The van der Waals surface area contributed by atoms with Crippen LogP contribution in [0.3, 0.4) is 0 Å². The summed E-state index contributed by atoms with van der Waals surface area (Å²) in [4.78, 5) is 45.0. The third-order valence-corrected chi connectivity index (χ3v) is 10.6. The minimum absolute atomic E-state index is 0.0392. The van der Waals surface area contributed by atoms with Gasteiger partial charge in [-0.25, -0.2) is 0 Å². The number of nitrogens with one attached hydrogen (secondary N) is 1. The van der Waals surface area contributed by atoms with Gasteiger partial charge in [-0.3, -0.25) is 19.3 Å². The molecule has 0 unspecified atom stereocenters. The van der Waals surface area contributed by atoms with Gasteiger partial charge < -0.3 is 10.7 Å². The molecule has 2 saturated carbocycles. The maximum absolute atomic E-state index is 13.7. The summed E-state index contributed by atoms with van der Waals surface area (Å²) >= 11 is 3.01. The summed E-state index contributed by atoms with van der Waals surface area (Å²) in [5, 5.41) is 1.15. The second-order valence-corrected chi connectivity index (χ2v) is 11.7. The predicted molar refractivity (Wildman–Crippen MR) is 128 cm³/mol. The van der Waals surface area contributed by atoms with Crippen molar-refractivity contribution in [1.82, 2.24) is 4.98 Å². The molecule has 7 atom stereocenters. The fourth-order valence-electron chi connectivity index (χ4n) is 6.93. The smallest absolute Gasteiger partial charge is 0.305 e. The van der Waals surface area contributed by atoms with Gasteiger partial charge in [0.15, 0.2) is 0 Å². The van der Waals surface area contributed by atoms with Gasteiger partial charge in [0.25, 0.3) is 0 Å². The number of amides is 2. The summed E-state index contributed by atoms with van der Waals surface area (Å²) in [7, 11) is 0. The average Bonchev–Trinajstić information content (AvgIpc) is 3.54. The molecule has 33 heavy (non-hydrogen) atoms. The summed E-state index contributed by atoms with van der Waals surface area (Å²) in [6, 6.07) is 17.3. The van der Waals surface area contributed by atoms with Crippen LogP contribution in [0.15, 0.2) is 64.4 Å². The first kappa shape index (κ1) is 19.6. The Morgan fingerprint density at radius 3 is 2.33 bits per heavy atom. The van der Waals surface area contributed by atoms with Crippen LogP contribution in [0.2, 0.25) is 0 Å². The molecule has 2 bridgehead atoms. The van der Waals surface area contributed by atoms with Crippen LogP contribution in [0.4, 0.5) is 11.4 Å². The maximum Gasteiger partial charge on any atom is 0.305 e. The van der Waals surface area contributed by atoms with E-state index < -0.39 is 0 Å². The topological polar surface area (TPSA) is 96.3 Å². The number of thiazole rings is 1. The van der Waals surface area contributed by atoms with Crippen molar-refractivity contribution in [3.63, 3.8) is 0 Å². The summed E-state index contributed by atoms with van der Waals surface area (Å²) in [6.45, 7) is 0. The van der Waals surface area contributed by atoms with Crippen molar-refractivity contribution in [2.24, 2.45) is 29.6 Å². The molecule has 6 nitrogen and oxygen atoms in total. The van der Waals surface area contributed by atoms with Crippen molar-refractivity contribution in [3.05, 3.63) is 74.7 Å². The Morgan fingerprint density at radius 2 is 1.61 bits per heavy atom. The highest BCUT2D eigenvalue weighted by atomic mass is 32.2. The Bertz CT molecular complexity index is 1350. The van der Waals surface area contributed by atoms with E-state index in [9.17, 15) is 14.4 Å². The average molecular weight is 476 g/mol. The minimum atomic E-state index is -0.287. The summed E-state index contributed by atoms with van der Waals surface area (Å²) < 4.78 is 0. The van der Waals surface area contributed by atoms with Crippen LogP contribution < -0.4 is 15.5 Å². The van der Waals surface area contributed by atoms with E-state index >= 15 is 0 Å². The van der Waals surface area contributed by atoms with E-state index in [-0.39, 0.29) is 57.4 Å². The van der Waals surface area contributed by atoms with Crippen molar-refractivity contribution in [3.8, 4) is 0 Å². The molecule has 0 spiro atoms. The number of H-pyrrole nitrogens is 1. The van der Waals surface area contributed by atoms with Gasteiger partial charge in [0.1, 0.15) is 0 Å². The molecular formula is C25H21N3O3S2. The zero-order valence-electron chi connectivity index (χ0n) is 17.5. The third kappa shape index (κ3) is 2.59. The second kappa shape index (κ2) is 6.84. The number of hydrogen-bond donors (Lipinski definition) is 2. The number of thioether (sulfide) groups is 1. The molecule has 7 rings (SSSR count). The van der Waals surface area contributed by atoms with Crippen LogP contribution in [-0.4, -0.2) is 22.0 Å². The number of aromatic nitrogens is 1. The molecule has 3 fully saturated rings. The van der Waals surface area contributed by atoms with Gasteiger partial charge in [-0.05, 0) is 54.0 Å². The summed E-state index contributed by atoms with van der Waals surface area (Å²) in [5.41, 5.74) is 8.21. The zero-order chi connectivity index (χ0) is 22.4. The van der Waals surface area contributed by atoms with Gasteiger partial charge in [-0.15, -0.1) is 11.8 Å². The predicted octanol–water partition coefficient (Wildman–Crippen LogP) is 3.70. The first-order chi connectivity index (χ1) is 16.0. The maximum atomic E-state index is 13.7. The Hall–Kier alpha value is -2.84. The first-order valence-electron chi connectivity index (χ1n) is 11.2. The van der Waals surface area contributed by atoms with Gasteiger partial charge in [-0.1, -0.05) is 41.7 Å². The van der Waals surface area contributed by atoms with Gasteiger partial charge in [0, 0.05) is 21.7 Å². The Kier molecular flexibility index (Phi) is 4.06. The third-order valence-electron chi connectivity index (χ3n) is 8.03. The molecule has 3 N–H and O–H groups in total. The minimum Gasteiger partial charge on any atom is -0.399 e. The molecule has 166 valence electrons. The molecule has 4 aliphatic rings. The number of aromatic amines is 1. The second-order valence-electron chi connectivity index (χ2n) is 9.47. The van der Waals surface area contributed by atoms with Crippen molar-refractivity contribution in [2.45, 2.75) is 22.6 Å². The molecule has 0 radical (unpaired) electrons. The molecule has 3 aromatic rings. The highest BCUT2D eigenvalue weighted by Crippen LogP contribution is 2.68. The lowest BCUT2D eigenvalue weighted by Gasteiger charge is -2.43. The number of hydrogen-bond acceptors (Lipinski definition) is 6. The quantitative estimate of drug-likeness (QED) is 0.435. The molecule has 2 amide bonds. The fourth-order valence-corrected chi connectivity index (χ4v) is 9.82. The molecule has 2 aliphatic heterocycles. The Balaban J connectivity index is 1.33. The lowest BCUT2D eigenvalue weighted by atomic mass is 9.68. The highest BCUT2D eigenvalue weighted by molar-refractivity contribution is 8.00. The number of imide groups is 1. The summed E-state index contributed by atoms with van der Waals surface area (Å²) in [5.74, 6) is -0.168. The molecule has 8 heteroatoms. The van der Waals surface area contributed by atoms with Crippen LogP contribution in [0.25, 0.3) is 0 Å². The van der Waals surface area contributed by atoms with E-state index in [1.54, 1.807) is 36.0 Å². The Labute approximate surface area is 198 Å². The number of benzene rings is 2. The summed E-state index contributed by atoms with van der Waals surface area (Å²) in [6.07, 6.45) is 0.896. The number of carbonyl (C=O) groups is 2. The lowest BCUT2D eigenvalue weighted by molar-refractivity contribution is -0.123. The van der Waals surface area contributed by atoms with Crippen molar-refractivity contribution < 1.29 is 9.59 Å². The zero-order valence-corrected chi connectivity index (χ0v) is 19.1. The number of rotatable bonds is 2. The molecule has 2 aromatic carbocycles. The van der Waals surface area contributed by atoms with Crippen LogP contribution in [0, 0.1) is 29.6 Å². The van der Waals surface area contributed by atoms with Gasteiger partial charge in [0.05, 0.1) is 22.5 Å². The van der Waals surface area contributed by atoms with Crippen molar-refractivity contribution in [2.75, 3.05) is 10.6 Å². The Morgan fingerprint density at radius 1 is 0.909 bits per heavy atom.